The molecule has 0 aliphatic rings. The molecule has 1 N–H and O–H groups in total. The van der Waals surface area contributed by atoms with Crippen molar-refractivity contribution in [2.45, 2.75) is 32.7 Å². The van der Waals surface area contributed by atoms with Crippen molar-refractivity contribution in [3.8, 4) is 0 Å². The van der Waals surface area contributed by atoms with E-state index >= 15 is 0 Å². The van der Waals surface area contributed by atoms with Gasteiger partial charge in [0.15, 0.2) is 0 Å². The second-order valence-corrected chi connectivity index (χ2v) is 8.04. The zero-order chi connectivity index (χ0) is 18.4. The average molecular weight is 385 g/mol. The minimum absolute atomic E-state index is 0.483. The van der Waals surface area contributed by atoms with Crippen molar-refractivity contribution in [2.75, 3.05) is 13.1 Å². The van der Waals surface area contributed by atoms with E-state index in [0.717, 1.165) is 18.4 Å². The minimum atomic E-state index is -3.65. The standard InChI is InChI=1S/C17H25ClN4O2S/c1-4-11-22(12-5-2)25(23,24)20-16(17-19-10-13-21(17)3)14-6-8-15(18)9-7-14/h6-10,13,16,20H,4-5,11-12H2,1-3H3. The van der Waals surface area contributed by atoms with Crippen LogP contribution in [0.3, 0.4) is 0 Å². The molecule has 0 amide bonds. The van der Waals surface area contributed by atoms with Crippen molar-refractivity contribution < 1.29 is 8.42 Å². The van der Waals surface area contributed by atoms with Crippen LogP contribution in [0.5, 0.6) is 0 Å². The molecule has 1 heterocycles. The average Bonchev–Trinajstić information content (AvgIpc) is 2.99. The summed E-state index contributed by atoms with van der Waals surface area (Å²) >= 11 is 5.97. The summed E-state index contributed by atoms with van der Waals surface area (Å²) in [6, 6.07) is 6.54. The van der Waals surface area contributed by atoms with Crippen LogP contribution in [0.1, 0.15) is 44.1 Å². The fraction of sp³-hybridized carbons (Fsp3) is 0.471. The lowest BCUT2D eigenvalue weighted by Gasteiger charge is -2.25. The zero-order valence-electron chi connectivity index (χ0n) is 14.8. The summed E-state index contributed by atoms with van der Waals surface area (Å²) in [5, 5.41) is 0.601. The molecule has 2 aromatic rings. The lowest BCUT2D eigenvalue weighted by Crippen LogP contribution is -2.43. The number of benzene rings is 1. The summed E-state index contributed by atoms with van der Waals surface area (Å²) in [6.07, 6.45) is 4.97. The van der Waals surface area contributed by atoms with Gasteiger partial charge in [-0.15, -0.1) is 0 Å². The molecule has 1 unspecified atom stereocenters. The topological polar surface area (TPSA) is 67.2 Å². The van der Waals surface area contributed by atoms with Crippen molar-refractivity contribution in [1.82, 2.24) is 18.6 Å². The molecule has 0 spiro atoms. The molecule has 0 radical (unpaired) electrons. The molecule has 1 atom stereocenters. The van der Waals surface area contributed by atoms with E-state index in [1.165, 1.54) is 4.31 Å². The molecule has 25 heavy (non-hydrogen) atoms. The first-order chi connectivity index (χ1) is 11.9. The van der Waals surface area contributed by atoms with Gasteiger partial charge in [-0.3, -0.25) is 0 Å². The van der Waals surface area contributed by atoms with Crippen LogP contribution in [0.2, 0.25) is 5.02 Å². The number of nitrogens with zero attached hydrogens (tertiary/aromatic N) is 3. The van der Waals surface area contributed by atoms with Gasteiger partial charge in [0, 0.05) is 37.6 Å². The fourth-order valence-electron chi connectivity index (χ4n) is 2.65. The molecule has 0 saturated carbocycles. The smallest absolute Gasteiger partial charge is 0.280 e. The lowest BCUT2D eigenvalue weighted by molar-refractivity contribution is 0.397. The Bertz CT molecular complexity index is 768. The second kappa shape index (κ2) is 8.80. The van der Waals surface area contributed by atoms with Crippen LogP contribution in [0.25, 0.3) is 0 Å². The van der Waals surface area contributed by atoms with E-state index in [4.69, 9.17) is 11.6 Å². The van der Waals surface area contributed by atoms with E-state index < -0.39 is 16.3 Å². The molecule has 6 nitrogen and oxygen atoms in total. The Labute approximate surface area is 155 Å². The van der Waals surface area contributed by atoms with Gasteiger partial charge in [-0.05, 0) is 30.5 Å². The van der Waals surface area contributed by atoms with E-state index in [1.54, 1.807) is 24.5 Å². The van der Waals surface area contributed by atoms with E-state index in [1.807, 2.05) is 37.6 Å². The summed E-state index contributed by atoms with van der Waals surface area (Å²) in [4.78, 5) is 4.33. The molecule has 0 saturated heterocycles. The van der Waals surface area contributed by atoms with Gasteiger partial charge in [-0.1, -0.05) is 37.6 Å². The zero-order valence-corrected chi connectivity index (χ0v) is 16.4. The highest BCUT2D eigenvalue weighted by Crippen LogP contribution is 2.24. The maximum absolute atomic E-state index is 12.9. The molecule has 138 valence electrons. The van der Waals surface area contributed by atoms with Gasteiger partial charge < -0.3 is 4.57 Å². The van der Waals surface area contributed by atoms with Crippen molar-refractivity contribution >= 4 is 21.8 Å². The van der Waals surface area contributed by atoms with Gasteiger partial charge in [0.1, 0.15) is 11.9 Å². The summed E-state index contributed by atoms with van der Waals surface area (Å²) in [5.41, 5.74) is 0.787. The van der Waals surface area contributed by atoms with Crippen LogP contribution in [-0.2, 0) is 17.3 Å². The summed E-state index contributed by atoms with van der Waals surface area (Å²) < 4.78 is 31.9. The van der Waals surface area contributed by atoms with Crippen LogP contribution >= 0.6 is 11.6 Å². The third-order valence-electron chi connectivity index (χ3n) is 3.87. The van der Waals surface area contributed by atoms with Crippen LogP contribution in [0.4, 0.5) is 0 Å². The van der Waals surface area contributed by atoms with Crippen LogP contribution in [-0.4, -0.2) is 35.4 Å². The van der Waals surface area contributed by atoms with Gasteiger partial charge >= 0.3 is 0 Å². The molecule has 0 bridgehead atoms. The van der Waals surface area contributed by atoms with Gasteiger partial charge in [0.25, 0.3) is 10.2 Å². The second-order valence-electron chi connectivity index (χ2n) is 5.90. The molecule has 0 aliphatic carbocycles. The molecule has 1 aromatic carbocycles. The molecule has 2 rings (SSSR count). The fourth-order valence-corrected chi connectivity index (χ4v) is 4.32. The summed E-state index contributed by atoms with van der Waals surface area (Å²) in [7, 11) is -1.81. The Morgan fingerprint density at radius 3 is 2.28 bits per heavy atom. The highest BCUT2D eigenvalue weighted by Gasteiger charge is 2.28. The summed E-state index contributed by atoms with van der Waals surface area (Å²) in [5.74, 6) is 0.624. The Kier molecular flexibility index (Phi) is 7.01. The predicted octanol–water partition coefficient (Wildman–Crippen LogP) is 3.12. The monoisotopic (exact) mass is 384 g/mol. The SMILES string of the molecule is CCCN(CCC)S(=O)(=O)NC(c1ccc(Cl)cc1)c1nccn1C. The van der Waals surface area contributed by atoms with E-state index in [-0.39, 0.29) is 0 Å². The quantitative estimate of drug-likeness (QED) is 0.722. The Morgan fingerprint density at radius 1 is 1.20 bits per heavy atom. The largest absolute Gasteiger partial charge is 0.336 e. The number of aryl methyl sites for hydroxylation is 1. The first-order valence-electron chi connectivity index (χ1n) is 8.39. The van der Waals surface area contributed by atoms with Crippen molar-refractivity contribution in [3.63, 3.8) is 0 Å². The first kappa shape index (κ1) is 19.9. The predicted molar refractivity (Wildman–Crippen MR) is 101 cm³/mol. The highest BCUT2D eigenvalue weighted by atomic mass is 35.5. The van der Waals surface area contributed by atoms with Gasteiger partial charge in [0.05, 0.1) is 0 Å². The number of imidazole rings is 1. The third kappa shape index (κ3) is 5.04. The van der Waals surface area contributed by atoms with Crippen molar-refractivity contribution in [2.24, 2.45) is 7.05 Å². The molecule has 0 fully saturated rings. The lowest BCUT2D eigenvalue weighted by atomic mass is 10.1. The van der Waals surface area contributed by atoms with Crippen molar-refractivity contribution in [1.29, 1.82) is 0 Å². The molecular formula is C17H25ClN4O2S. The Morgan fingerprint density at radius 2 is 1.80 bits per heavy atom. The molecule has 1 aromatic heterocycles. The molecular weight excluding hydrogens is 360 g/mol. The number of halogens is 1. The van der Waals surface area contributed by atoms with Crippen LogP contribution in [0, 0.1) is 0 Å². The number of rotatable bonds is 9. The van der Waals surface area contributed by atoms with Gasteiger partial charge in [-0.2, -0.15) is 17.4 Å². The number of hydrogen-bond acceptors (Lipinski definition) is 3. The number of nitrogens with one attached hydrogen (secondary N) is 1. The minimum Gasteiger partial charge on any atom is -0.336 e. The van der Waals surface area contributed by atoms with Crippen LogP contribution < -0.4 is 4.72 Å². The van der Waals surface area contributed by atoms with Crippen LogP contribution in [0.15, 0.2) is 36.7 Å². The van der Waals surface area contributed by atoms with Crippen molar-refractivity contribution in [3.05, 3.63) is 53.1 Å². The first-order valence-corrected chi connectivity index (χ1v) is 10.2. The Balaban J connectivity index is 2.39. The summed E-state index contributed by atoms with van der Waals surface area (Å²) in [6.45, 7) is 4.90. The number of aromatic nitrogens is 2. The van der Waals surface area contributed by atoms with E-state index in [2.05, 4.69) is 9.71 Å². The molecule has 0 aliphatic heterocycles. The Hall–Kier alpha value is -1.41. The maximum Gasteiger partial charge on any atom is 0.280 e. The van der Waals surface area contributed by atoms with Gasteiger partial charge in [0.2, 0.25) is 0 Å². The van der Waals surface area contributed by atoms with E-state index in [9.17, 15) is 8.42 Å². The van der Waals surface area contributed by atoms with E-state index in [0.29, 0.717) is 23.9 Å². The third-order valence-corrected chi connectivity index (χ3v) is 5.70. The maximum atomic E-state index is 12.9. The molecule has 8 heteroatoms. The normalized spacial score (nSPS) is 13.3. The number of hydrogen-bond donors (Lipinski definition) is 1. The van der Waals surface area contributed by atoms with Gasteiger partial charge in [-0.25, -0.2) is 4.98 Å². The highest BCUT2D eigenvalue weighted by molar-refractivity contribution is 7.87.